The molecule has 31 heavy (non-hydrogen) atoms. The molecule has 6 nitrogen and oxygen atoms in total. The van der Waals surface area contributed by atoms with E-state index >= 15 is 0 Å². The van der Waals surface area contributed by atoms with Crippen LogP contribution in [0.5, 0.6) is 0 Å². The van der Waals surface area contributed by atoms with Crippen LogP contribution in [0.1, 0.15) is 102 Å². The van der Waals surface area contributed by atoms with Crippen molar-refractivity contribution < 1.29 is 14.4 Å². The first-order chi connectivity index (χ1) is 15.1. The Kier molecular flexibility index (Phi) is 15.8. The van der Waals surface area contributed by atoms with Crippen molar-refractivity contribution in [3.8, 4) is 0 Å². The molecule has 0 fully saturated rings. The third-order valence-electron chi connectivity index (χ3n) is 5.26. The molecule has 0 radical (unpaired) electrons. The summed E-state index contributed by atoms with van der Waals surface area (Å²) in [5.74, 6) is -0.730. The van der Waals surface area contributed by atoms with Gasteiger partial charge in [-0.2, -0.15) is 0 Å². The fraction of sp³-hybridized carbons (Fsp3) is 0.640. The summed E-state index contributed by atoms with van der Waals surface area (Å²) in [6, 6.07) is 9.60. The van der Waals surface area contributed by atoms with Crippen molar-refractivity contribution in [2.24, 2.45) is 0 Å². The van der Waals surface area contributed by atoms with E-state index in [0.717, 1.165) is 24.8 Å². The van der Waals surface area contributed by atoms with E-state index in [1.807, 2.05) is 30.3 Å². The number of amides is 3. The van der Waals surface area contributed by atoms with Crippen LogP contribution in [0.4, 0.5) is 0 Å². The molecule has 0 unspecified atom stereocenters. The molecule has 0 aliphatic rings. The molecule has 0 heterocycles. The Hall–Kier alpha value is -2.37. The topological polar surface area (TPSA) is 87.3 Å². The summed E-state index contributed by atoms with van der Waals surface area (Å²) < 4.78 is 0. The zero-order valence-corrected chi connectivity index (χ0v) is 19.2. The Labute approximate surface area is 187 Å². The van der Waals surface area contributed by atoms with Gasteiger partial charge in [-0.1, -0.05) is 101 Å². The number of rotatable bonds is 17. The monoisotopic (exact) mass is 431 g/mol. The maximum absolute atomic E-state index is 11.8. The largest absolute Gasteiger partial charge is 0.352 e. The summed E-state index contributed by atoms with van der Waals surface area (Å²) in [4.78, 5) is 35.4. The number of unbranched alkanes of at least 4 members (excludes halogenated alkanes) is 10. The van der Waals surface area contributed by atoms with Crippen LogP contribution in [0, 0.1) is 0 Å². The molecule has 3 amide bonds. The molecule has 6 heteroatoms. The average molecular weight is 432 g/mol. The van der Waals surface area contributed by atoms with Crippen molar-refractivity contribution in [2.45, 2.75) is 103 Å². The molecule has 1 aromatic rings. The highest BCUT2D eigenvalue weighted by molar-refractivity contribution is 5.85. The lowest BCUT2D eigenvalue weighted by molar-refractivity contribution is -0.130. The molecule has 174 valence electrons. The first-order valence-electron chi connectivity index (χ1n) is 12.0. The lowest BCUT2D eigenvalue weighted by atomic mass is 10.1. The minimum atomic E-state index is -0.359. The molecule has 0 aromatic heterocycles. The molecule has 0 spiro atoms. The Morgan fingerprint density at radius 2 is 1.10 bits per heavy atom. The van der Waals surface area contributed by atoms with Gasteiger partial charge in [0, 0.05) is 25.8 Å². The van der Waals surface area contributed by atoms with E-state index in [9.17, 15) is 14.4 Å². The Bertz CT molecular complexity index is 620. The second-order valence-electron chi connectivity index (χ2n) is 8.14. The summed E-state index contributed by atoms with van der Waals surface area (Å²) in [5.41, 5.74) is 5.82. The van der Waals surface area contributed by atoms with Gasteiger partial charge in [0.2, 0.25) is 17.7 Å². The molecule has 3 N–H and O–H groups in total. The van der Waals surface area contributed by atoms with Crippen molar-refractivity contribution >= 4 is 17.7 Å². The van der Waals surface area contributed by atoms with E-state index in [4.69, 9.17) is 0 Å². The summed E-state index contributed by atoms with van der Waals surface area (Å²) in [7, 11) is 0. The predicted octanol–water partition coefficient (Wildman–Crippen LogP) is 4.93. The quantitative estimate of drug-likeness (QED) is 0.241. The minimum absolute atomic E-state index is 0.0410. The Balaban J connectivity index is 1.92. The molecular formula is C25H41N3O3. The number of hydrazine groups is 1. The summed E-state index contributed by atoms with van der Waals surface area (Å²) in [6.45, 7) is 2.68. The molecule has 0 bridgehead atoms. The van der Waals surface area contributed by atoms with Crippen molar-refractivity contribution in [1.82, 2.24) is 16.2 Å². The van der Waals surface area contributed by atoms with Gasteiger partial charge in [0.15, 0.2) is 0 Å². The van der Waals surface area contributed by atoms with Crippen molar-refractivity contribution in [1.29, 1.82) is 0 Å². The van der Waals surface area contributed by atoms with Gasteiger partial charge in [0.25, 0.3) is 0 Å². The van der Waals surface area contributed by atoms with Crippen LogP contribution in [-0.2, 0) is 20.9 Å². The molecule has 1 aromatic carbocycles. The van der Waals surface area contributed by atoms with Crippen LogP contribution in [0.3, 0.4) is 0 Å². The van der Waals surface area contributed by atoms with Gasteiger partial charge in [0.05, 0.1) is 0 Å². The first-order valence-corrected chi connectivity index (χ1v) is 12.0. The normalized spacial score (nSPS) is 10.5. The zero-order valence-electron chi connectivity index (χ0n) is 19.2. The second-order valence-corrected chi connectivity index (χ2v) is 8.14. The van der Waals surface area contributed by atoms with Crippen LogP contribution >= 0.6 is 0 Å². The zero-order chi connectivity index (χ0) is 22.6. The molecule has 0 saturated heterocycles. The van der Waals surface area contributed by atoms with E-state index < -0.39 is 0 Å². The third kappa shape index (κ3) is 16.0. The van der Waals surface area contributed by atoms with E-state index in [2.05, 4.69) is 23.1 Å². The third-order valence-corrected chi connectivity index (χ3v) is 5.26. The molecule has 0 aliphatic carbocycles. The lowest BCUT2D eigenvalue weighted by Gasteiger charge is -2.08. The van der Waals surface area contributed by atoms with E-state index in [1.54, 1.807) is 0 Å². The van der Waals surface area contributed by atoms with Crippen molar-refractivity contribution in [3.63, 3.8) is 0 Å². The van der Waals surface area contributed by atoms with Gasteiger partial charge in [-0.25, -0.2) is 0 Å². The van der Waals surface area contributed by atoms with Crippen LogP contribution in [0.15, 0.2) is 30.3 Å². The number of nitrogens with one attached hydrogen (secondary N) is 3. The SMILES string of the molecule is CCCCCCCCCCCCCC(=O)NNC(=O)CCC(=O)NCc1ccccc1. The van der Waals surface area contributed by atoms with Gasteiger partial charge in [-0.3, -0.25) is 25.2 Å². The van der Waals surface area contributed by atoms with Gasteiger partial charge < -0.3 is 5.32 Å². The van der Waals surface area contributed by atoms with Crippen LogP contribution < -0.4 is 16.2 Å². The predicted molar refractivity (Wildman–Crippen MR) is 125 cm³/mol. The van der Waals surface area contributed by atoms with Crippen LogP contribution in [0.25, 0.3) is 0 Å². The van der Waals surface area contributed by atoms with Gasteiger partial charge >= 0.3 is 0 Å². The standard InChI is InChI=1S/C25H41N3O3/c1-2-3-4-5-6-7-8-9-10-11-15-18-24(30)27-28-25(31)20-19-23(29)26-21-22-16-13-12-14-17-22/h12-14,16-17H,2-11,15,18-21H2,1H3,(H,26,29)(H,27,30)(H,28,31). The smallest absolute Gasteiger partial charge is 0.238 e. The maximum Gasteiger partial charge on any atom is 0.238 e. The molecular weight excluding hydrogens is 390 g/mol. The van der Waals surface area contributed by atoms with Crippen LogP contribution in [-0.4, -0.2) is 17.7 Å². The van der Waals surface area contributed by atoms with Crippen molar-refractivity contribution in [3.05, 3.63) is 35.9 Å². The first kappa shape index (κ1) is 26.7. The number of hydrogen-bond donors (Lipinski definition) is 3. The highest BCUT2D eigenvalue weighted by atomic mass is 16.2. The maximum atomic E-state index is 11.8. The van der Waals surface area contributed by atoms with Gasteiger partial charge in [0.1, 0.15) is 0 Å². The fourth-order valence-electron chi connectivity index (χ4n) is 3.33. The Morgan fingerprint density at radius 3 is 1.68 bits per heavy atom. The molecule has 0 atom stereocenters. The van der Waals surface area contributed by atoms with Crippen LogP contribution in [0.2, 0.25) is 0 Å². The number of carbonyl (C=O) groups excluding carboxylic acids is 3. The number of carbonyl (C=O) groups is 3. The molecule has 0 saturated carbocycles. The van der Waals surface area contributed by atoms with E-state index in [0.29, 0.717) is 13.0 Å². The fourth-order valence-corrected chi connectivity index (χ4v) is 3.33. The highest BCUT2D eigenvalue weighted by Crippen LogP contribution is 2.11. The minimum Gasteiger partial charge on any atom is -0.352 e. The average Bonchev–Trinajstić information content (AvgIpc) is 2.79. The van der Waals surface area contributed by atoms with E-state index in [1.165, 1.54) is 51.4 Å². The Morgan fingerprint density at radius 1 is 0.613 bits per heavy atom. The summed E-state index contributed by atoms with van der Waals surface area (Å²) >= 11 is 0. The van der Waals surface area contributed by atoms with Gasteiger partial charge in [-0.05, 0) is 12.0 Å². The molecule has 0 aliphatic heterocycles. The van der Waals surface area contributed by atoms with E-state index in [-0.39, 0.29) is 30.6 Å². The second kappa shape index (κ2) is 18.4. The van der Waals surface area contributed by atoms with Gasteiger partial charge in [-0.15, -0.1) is 0 Å². The highest BCUT2D eigenvalue weighted by Gasteiger charge is 2.08. The number of benzene rings is 1. The molecule has 1 rings (SSSR count). The number of hydrogen-bond acceptors (Lipinski definition) is 3. The summed E-state index contributed by atoms with van der Waals surface area (Å²) in [5, 5.41) is 2.78. The summed E-state index contributed by atoms with van der Waals surface area (Å²) in [6.07, 6.45) is 14.1. The lowest BCUT2D eigenvalue weighted by Crippen LogP contribution is -2.41. The van der Waals surface area contributed by atoms with Crippen molar-refractivity contribution in [2.75, 3.05) is 0 Å².